The zero-order valence-electron chi connectivity index (χ0n) is 20.1. The fourth-order valence-corrected chi connectivity index (χ4v) is 4.84. The number of ether oxygens (including phenoxy) is 1. The standard InChI is InChI=1S/C25H33FN4O4/c1-4-29-20(15-28-12-13-30(16(3)14-28)23(31)18-6-7-18)21(24(32)34-5-2)22(27-25(29)33)17-8-10-19(26)11-9-17/h8-11,16,18,22H,4-7,12-15H2,1-3H3,(H,27,33)/t16-,22+/m1/s1. The van der Waals surface area contributed by atoms with Crippen LogP contribution < -0.4 is 5.32 Å². The van der Waals surface area contributed by atoms with Crippen molar-refractivity contribution in [2.24, 2.45) is 5.92 Å². The third-order valence-corrected chi connectivity index (χ3v) is 6.75. The molecule has 0 aromatic heterocycles. The molecule has 3 amide bonds. The number of nitrogens with zero attached hydrogens (tertiary/aromatic N) is 3. The van der Waals surface area contributed by atoms with Gasteiger partial charge in [0.05, 0.1) is 18.2 Å². The molecule has 1 aliphatic carbocycles. The number of likely N-dealkylation sites (N-methyl/N-ethyl adjacent to an activating group) is 1. The average Bonchev–Trinajstić information content (AvgIpc) is 3.65. The fourth-order valence-electron chi connectivity index (χ4n) is 4.84. The fraction of sp³-hybridized carbons (Fsp3) is 0.560. The van der Waals surface area contributed by atoms with Gasteiger partial charge in [0, 0.05) is 50.4 Å². The molecule has 0 bridgehead atoms. The zero-order chi connectivity index (χ0) is 24.4. The molecule has 4 rings (SSSR count). The van der Waals surface area contributed by atoms with Gasteiger partial charge in [-0.1, -0.05) is 12.1 Å². The van der Waals surface area contributed by atoms with Crippen molar-refractivity contribution < 1.29 is 23.5 Å². The van der Waals surface area contributed by atoms with Crippen LogP contribution in [0.2, 0.25) is 0 Å². The Hall–Kier alpha value is -2.94. The molecule has 1 saturated carbocycles. The Balaban J connectivity index is 1.65. The van der Waals surface area contributed by atoms with E-state index in [0.29, 0.717) is 49.6 Å². The molecule has 1 aromatic rings. The molecule has 1 saturated heterocycles. The topological polar surface area (TPSA) is 82.2 Å². The predicted octanol–water partition coefficient (Wildman–Crippen LogP) is 2.67. The smallest absolute Gasteiger partial charge is 0.338 e. The van der Waals surface area contributed by atoms with Crippen molar-refractivity contribution in [3.63, 3.8) is 0 Å². The molecular formula is C25H33FN4O4. The minimum Gasteiger partial charge on any atom is -0.463 e. The van der Waals surface area contributed by atoms with E-state index in [0.717, 1.165) is 12.8 Å². The maximum atomic E-state index is 13.6. The maximum absolute atomic E-state index is 13.6. The van der Waals surface area contributed by atoms with Crippen molar-refractivity contribution in [1.82, 2.24) is 20.0 Å². The third-order valence-electron chi connectivity index (χ3n) is 6.75. The summed E-state index contributed by atoms with van der Waals surface area (Å²) in [6.45, 7) is 8.53. The number of esters is 1. The zero-order valence-corrected chi connectivity index (χ0v) is 20.1. The molecule has 2 atom stereocenters. The molecule has 9 heteroatoms. The summed E-state index contributed by atoms with van der Waals surface area (Å²) < 4.78 is 18.9. The summed E-state index contributed by atoms with van der Waals surface area (Å²) >= 11 is 0. The van der Waals surface area contributed by atoms with E-state index in [1.54, 1.807) is 24.0 Å². The summed E-state index contributed by atoms with van der Waals surface area (Å²) in [6.07, 6.45) is 1.96. The Morgan fingerprint density at radius 2 is 1.85 bits per heavy atom. The van der Waals surface area contributed by atoms with Gasteiger partial charge in [0.15, 0.2) is 0 Å². The van der Waals surface area contributed by atoms with Crippen LogP contribution in [0.1, 0.15) is 45.2 Å². The second-order valence-electron chi connectivity index (χ2n) is 9.15. The van der Waals surface area contributed by atoms with E-state index in [-0.39, 0.29) is 30.5 Å². The number of hydrogen-bond acceptors (Lipinski definition) is 5. The number of urea groups is 1. The first-order valence-electron chi connectivity index (χ1n) is 12.1. The molecule has 2 fully saturated rings. The monoisotopic (exact) mass is 472 g/mol. The Bertz CT molecular complexity index is 976. The third kappa shape index (κ3) is 4.94. The Morgan fingerprint density at radius 3 is 2.44 bits per heavy atom. The quantitative estimate of drug-likeness (QED) is 0.617. The Labute approximate surface area is 199 Å². The van der Waals surface area contributed by atoms with Crippen molar-refractivity contribution in [3.05, 3.63) is 46.9 Å². The van der Waals surface area contributed by atoms with E-state index in [9.17, 15) is 18.8 Å². The minimum absolute atomic E-state index is 0.0499. The van der Waals surface area contributed by atoms with Gasteiger partial charge in [-0.05, 0) is 51.3 Å². The van der Waals surface area contributed by atoms with E-state index in [1.807, 2.05) is 18.7 Å². The lowest BCUT2D eigenvalue weighted by atomic mass is 9.94. The second kappa shape index (κ2) is 10.1. The molecule has 2 aliphatic heterocycles. The summed E-state index contributed by atoms with van der Waals surface area (Å²) in [4.78, 5) is 44.5. The highest BCUT2D eigenvalue weighted by Crippen LogP contribution is 2.34. The van der Waals surface area contributed by atoms with E-state index in [2.05, 4.69) is 10.2 Å². The highest BCUT2D eigenvalue weighted by molar-refractivity contribution is 5.95. The van der Waals surface area contributed by atoms with Crippen LogP contribution >= 0.6 is 0 Å². The van der Waals surface area contributed by atoms with Crippen molar-refractivity contribution in [2.45, 2.75) is 45.7 Å². The number of nitrogens with one attached hydrogen (secondary N) is 1. The number of amides is 3. The van der Waals surface area contributed by atoms with Gasteiger partial charge in [-0.2, -0.15) is 0 Å². The van der Waals surface area contributed by atoms with Crippen LogP contribution in [0.15, 0.2) is 35.5 Å². The lowest BCUT2D eigenvalue weighted by Gasteiger charge is -2.43. The van der Waals surface area contributed by atoms with Crippen molar-refractivity contribution in [2.75, 3.05) is 39.3 Å². The molecule has 0 spiro atoms. The van der Waals surface area contributed by atoms with Gasteiger partial charge in [0.2, 0.25) is 5.91 Å². The molecule has 184 valence electrons. The van der Waals surface area contributed by atoms with Crippen molar-refractivity contribution in [3.8, 4) is 0 Å². The van der Waals surface area contributed by atoms with Crippen LogP contribution in [-0.4, -0.2) is 78.0 Å². The first-order chi connectivity index (χ1) is 16.3. The van der Waals surface area contributed by atoms with Crippen LogP contribution in [-0.2, 0) is 14.3 Å². The van der Waals surface area contributed by atoms with Crippen LogP contribution in [0.4, 0.5) is 9.18 Å². The molecule has 0 radical (unpaired) electrons. The van der Waals surface area contributed by atoms with E-state index < -0.39 is 17.8 Å². The molecule has 2 heterocycles. The highest BCUT2D eigenvalue weighted by atomic mass is 19.1. The van der Waals surface area contributed by atoms with E-state index in [4.69, 9.17) is 4.74 Å². The van der Waals surface area contributed by atoms with Crippen LogP contribution in [0, 0.1) is 11.7 Å². The lowest BCUT2D eigenvalue weighted by Crippen LogP contribution is -2.56. The number of piperazine rings is 1. The highest BCUT2D eigenvalue weighted by Gasteiger charge is 2.40. The first-order valence-corrected chi connectivity index (χ1v) is 12.1. The van der Waals surface area contributed by atoms with Gasteiger partial charge >= 0.3 is 12.0 Å². The number of hydrogen-bond donors (Lipinski definition) is 1. The summed E-state index contributed by atoms with van der Waals surface area (Å²) in [5.41, 5.74) is 1.56. The molecular weight excluding hydrogens is 439 g/mol. The molecule has 0 unspecified atom stereocenters. The van der Waals surface area contributed by atoms with Crippen molar-refractivity contribution in [1.29, 1.82) is 0 Å². The van der Waals surface area contributed by atoms with Gasteiger partial charge in [-0.3, -0.25) is 14.6 Å². The van der Waals surface area contributed by atoms with Crippen molar-refractivity contribution >= 4 is 17.9 Å². The van der Waals surface area contributed by atoms with E-state index in [1.165, 1.54) is 12.1 Å². The van der Waals surface area contributed by atoms with Gasteiger partial charge in [0.25, 0.3) is 0 Å². The number of carbonyl (C=O) groups is 3. The largest absolute Gasteiger partial charge is 0.463 e. The van der Waals surface area contributed by atoms with Gasteiger partial charge in [-0.15, -0.1) is 0 Å². The summed E-state index contributed by atoms with van der Waals surface area (Å²) in [6, 6.07) is 4.78. The van der Waals surface area contributed by atoms with Crippen LogP contribution in [0.5, 0.6) is 0 Å². The number of benzene rings is 1. The Kier molecular flexibility index (Phi) is 7.21. The predicted molar refractivity (Wildman–Crippen MR) is 124 cm³/mol. The molecule has 3 aliphatic rings. The van der Waals surface area contributed by atoms with Crippen LogP contribution in [0.3, 0.4) is 0 Å². The SMILES string of the molecule is CCOC(=O)C1=C(CN2CCN(C(=O)C3CC3)[C@H](C)C2)N(CC)C(=O)N[C@H]1c1ccc(F)cc1. The summed E-state index contributed by atoms with van der Waals surface area (Å²) in [5.74, 6) is -0.472. The van der Waals surface area contributed by atoms with E-state index >= 15 is 0 Å². The number of rotatable bonds is 7. The van der Waals surface area contributed by atoms with Crippen LogP contribution in [0.25, 0.3) is 0 Å². The van der Waals surface area contributed by atoms with Gasteiger partial charge < -0.3 is 15.0 Å². The normalized spacial score (nSPS) is 23.7. The first kappa shape index (κ1) is 24.2. The lowest BCUT2D eigenvalue weighted by molar-refractivity contribution is -0.139. The number of carbonyl (C=O) groups excluding carboxylic acids is 3. The molecule has 34 heavy (non-hydrogen) atoms. The Morgan fingerprint density at radius 1 is 1.15 bits per heavy atom. The summed E-state index contributed by atoms with van der Waals surface area (Å²) in [7, 11) is 0. The molecule has 8 nitrogen and oxygen atoms in total. The maximum Gasteiger partial charge on any atom is 0.338 e. The second-order valence-corrected chi connectivity index (χ2v) is 9.15. The molecule has 1 aromatic carbocycles. The number of halogens is 1. The molecule has 1 N–H and O–H groups in total. The van der Waals surface area contributed by atoms with Gasteiger partial charge in [-0.25, -0.2) is 14.0 Å². The van der Waals surface area contributed by atoms with Gasteiger partial charge in [0.1, 0.15) is 5.82 Å². The minimum atomic E-state index is -0.736. The summed E-state index contributed by atoms with van der Waals surface area (Å²) in [5, 5.41) is 2.89. The average molecular weight is 473 g/mol.